The molecule has 0 radical (unpaired) electrons. The molecule has 0 saturated carbocycles. The Morgan fingerprint density at radius 3 is 2.75 bits per heavy atom. The highest BCUT2D eigenvalue weighted by atomic mass is 16.4. The Kier molecular flexibility index (Phi) is 4.04. The molecule has 0 spiro atoms. The Morgan fingerprint density at radius 2 is 2.25 bits per heavy atom. The van der Waals surface area contributed by atoms with E-state index in [4.69, 9.17) is 5.11 Å². The Hall–Kier alpha value is -1.85. The van der Waals surface area contributed by atoms with Crippen molar-refractivity contribution in [2.45, 2.75) is 19.4 Å². The third kappa shape index (κ3) is 3.38. The highest BCUT2D eigenvalue weighted by Crippen LogP contribution is 2.03. The maximum atomic E-state index is 11.5. The van der Waals surface area contributed by atoms with Crippen LogP contribution in [-0.4, -0.2) is 35.0 Å². The first kappa shape index (κ1) is 12.2. The van der Waals surface area contributed by atoms with E-state index in [1.807, 2.05) is 14.1 Å². The van der Waals surface area contributed by atoms with E-state index < -0.39 is 5.97 Å². The van der Waals surface area contributed by atoms with Crippen LogP contribution in [0.4, 0.5) is 5.69 Å². The Balaban J connectivity index is 2.68. The molecule has 0 atom stereocenters. The second-order valence-electron chi connectivity index (χ2n) is 3.67. The average Bonchev–Trinajstić information content (AvgIpc) is 2.19. The quantitative estimate of drug-likeness (QED) is 0.773. The number of aliphatic carboxylic acids is 1. The minimum atomic E-state index is -0.863. The van der Waals surface area contributed by atoms with Gasteiger partial charge >= 0.3 is 5.97 Å². The number of aryl methyl sites for hydroxylation is 1. The standard InChI is InChI=1S/C10H15N3O3/c1-12(2)8-6-9(14)13(11-7-8)5-3-4-10(15)16/h6-7H,3-5H2,1-2H3,(H,15,16). The molecule has 0 aliphatic heterocycles. The van der Waals surface area contributed by atoms with Crippen molar-refractivity contribution in [1.29, 1.82) is 0 Å². The largest absolute Gasteiger partial charge is 0.481 e. The van der Waals surface area contributed by atoms with E-state index in [9.17, 15) is 9.59 Å². The molecule has 1 heterocycles. The van der Waals surface area contributed by atoms with Crippen LogP contribution in [0.3, 0.4) is 0 Å². The maximum Gasteiger partial charge on any atom is 0.303 e. The molecule has 0 unspecified atom stereocenters. The zero-order valence-corrected chi connectivity index (χ0v) is 9.38. The van der Waals surface area contributed by atoms with E-state index in [0.717, 1.165) is 5.69 Å². The fraction of sp³-hybridized carbons (Fsp3) is 0.500. The average molecular weight is 225 g/mol. The van der Waals surface area contributed by atoms with Gasteiger partial charge in [0, 0.05) is 33.1 Å². The van der Waals surface area contributed by atoms with Crippen LogP contribution in [0, 0.1) is 0 Å². The van der Waals surface area contributed by atoms with Gasteiger partial charge in [-0.25, -0.2) is 4.68 Å². The van der Waals surface area contributed by atoms with Crippen molar-refractivity contribution in [2.75, 3.05) is 19.0 Å². The van der Waals surface area contributed by atoms with Gasteiger partial charge in [0.15, 0.2) is 0 Å². The molecule has 0 aromatic carbocycles. The molecule has 6 nitrogen and oxygen atoms in total. The van der Waals surface area contributed by atoms with Gasteiger partial charge < -0.3 is 10.0 Å². The van der Waals surface area contributed by atoms with E-state index in [0.29, 0.717) is 13.0 Å². The summed E-state index contributed by atoms with van der Waals surface area (Å²) < 4.78 is 1.27. The van der Waals surface area contributed by atoms with Gasteiger partial charge in [-0.2, -0.15) is 5.10 Å². The van der Waals surface area contributed by atoms with Crippen LogP contribution in [0.5, 0.6) is 0 Å². The van der Waals surface area contributed by atoms with Crippen LogP contribution in [0.15, 0.2) is 17.1 Å². The fourth-order valence-electron chi connectivity index (χ4n) is 1.22. The van der Waals surface area contributed by atoms with Crippen molar-refractivity contribution in [1.82, 2.24) is 9.78 Å². The summed E-state index contributed by atoms with van der Waals surface area (Å²) >= 11 is 0. The molecule has 88 valence electrons. The molecule has 0 aliphatic carbocycles. The number of hydrogen-bond donors (Lipinski definition) is 1. The summed E-state index contributed by atoms with van der Waals surface area (Å²) in [6.07, 6.45) is 2.04. The monoisotopic (exact) mass is 225 g/mol. The molecule has 16 heavy (non-hydrogen) atoms. The summed E-state index contributed by atoms with van der Waals surface area (Å²) in [7, 11) is 3.65. The molecule has 0 amide bonds. The lowest BCUT2D eigenvalue weighted by Gasteiger charge is -2.12. The van der Waals surface area contributed by atoms with Gasteiger partial charge in [0.05, 0.1) is 11.9 Å². The van der Waals surface area contributed by atoms with Crippen LogP contribution in [-0.2, 0) is 11.3 Å². The summed E-state index contributed by atoms with van der Waals surface area (Å²) in [5.41, 5.74) is 0.524. The second kappa shape index (κ2) is 5.29. The normalized spacial score (nSPS) is 10.1. The molecule has 1 aromatic rings. The predicted molar refractivity (Wildman–Crippen MR) is 59.7 cm³/mol. The third-order valence-corrected chi connectivity index (χ3v) is 2.13. The van der Waals surface area contributed by atoms with E-state index in [1.54, 1.807) is 11.1 Å². The summed E-state index contributed by atoms with van der Waals surface area (Å²) in [5, 5.41) is 12.4. The molecule has 0 fully saturated rings. The van der Waals surface area contributed by atoms with Crippen molar-refractivity contribution >= 4 is 11.7 Å². The van der Waals surface area contributed by atoms with Gasteiger partial charge in [-0.15, -0.1) is 0 Å². The highest BCUT2D eigenvalue weighted by Gasteiger charge is 2.02. The number of aromatic nitrogens is 2. The summed E-state index contributed by atoms with van der Waals surface area (Å²) in [5.74, 6) is -0.863. The maximum absolute atomic E-state index is 11.5. The highest BCUT2D eigenvalue weighted by molar-refractivity contribution is 5.66. The summed E-state index contributed by atoms with van der Waals surface area (Å²) in [6, 6.07) is 1.48. The molecule has 0 bridgehead atoms. The lowest BCUT2D eigenvalue weighted by Crippen LogP contribution is -2.24. The van der Waals surface area contributed by atoms with Crippen molar-refractivity contribution < 1.29 is 9.90 Å². The fourth-order valence-corrected chi connectivity index (χ4v) is 1.22. The van der Waals surface area contributed by atoms with E-state index >= 15 is 0 Å². The predicted octanol–water partition coefficient (Wildman–Crippen LogP) is 0.174. The zero-order chi connectivity index (χ0) is 12.1. The van der Waals surface area contributed by atoms with E-state index in [2.05, 4.69) is 5.10 Å². The number of carbonyl (C=O) groups is 1. The Morgan fingerprint density at radius 1 is 1.56 bits per heavy atom. The van der Waals surface area contributed by atoms with Crippen molar-refractivity contribution in [2.24, 2.45) is 0 Å². The van der Waals surface area contributed by atoms with Crippen molar-refractivity contribution in [3.05, 3.63) is 22.6 Å². The first-order valence-corrected chi connectivity index (χ1v) is 4.97. The molecule has 1 N–H and O–H groups in total. The SMILES string of the molecule is CN(C)c1cnn(CCCC(=O)O)c(=O)c1. The lowest BCUT2D eigenvalue weighted by atomic mass is 10.3. The zero-order valence-electron chi connectivity index (χ0n) is 9.38. The number of carboxylic acids is 1. The van der Waals surface area contributed by atoms with Crippen LogP contribution < -0.4 is 10.5 Å². The number of carboxylic acid groups (broad SMARTS) is 1. The topological polar surface area (TPSA) is 75.4 Å². The van der Waals surface area contributed by atoms with Gasteiger partial charge in [-0.1, -0.05) is 0 Å². The molecular weight excluding hydrogens is 210 g/mol. The number of anilines is 1. The third-order valence-electron chi connectivity index (χ3n) is 2.13. The smallest absolute Gasteiger partial charge is 0.303 e. The van der Waals surface area contributed by atoms with E-state index in [1.165, 1.54) is 10.7 Å². The minimum Gasteiger partial charge on any atom is -0.481 e. The van der Waals surface area contributed by atoms with Crippen LogP contribution in [0.25, 0.3) is 0 Å². The first-order chi connectivity index (χ1) is 7.50. The molecule has 1 aromatic heterocycles. The first-order valence-electron chi connectivity index (χ1n) is 4.97. The van der Waals surface area contributed by atoms with Gasteiger partial charge in [0.2, 0.25) is 0 Å². The number of nitrogens with zero attached hydrogens (tertiary/aromatic N) is 3. The van der Waals surface area contributed by atoms with Gasteiger partial charge in [0.1, 0.15) is 0 Å². The Labute approximate surface area is 93.1 Å². The van der Waals surface area contributed by atoms with E-state index in [-0.39, 0.29) is 12.0 Å². The second-order valence-corrected chi connectivity index (χ2v) is 3.67. The molecule has 0 aliphatic rings. The van der Waals surface area contributed by atoms with Crippen LogP contribution >= 0.6 is 0 Å². The van der Waals surface area contributed by atoms with Crippen molar-refractivity contribution in [3.8, 4) is 0 Å². The molecular formula is C10H15N3O3. The molecule has 1 rings (SSSR count). The number of hydrogen-bond acceptors (Lipinski definition) is 4. The van der Waals surface area contributed by atoms with Crippen molar-refractivity contribution in [3.63, 3.8) is 0 Å². The lowest BCUT2D eigenvalue weighted by molar-refractivity contribution is -0.137. The number of rotatable bonds is 5. The van der Waals surface area contributed by atoms with Crippen LogP contribution in [0.2, 0.25) is 0 Å². The van der Waals surface area contributed by atoms with Gasteiger partial charge in [0.25, 0.3) is 5.56 Å². The van der Waals surface area contributed by atoms with Gasteiger partial charge in [-0.05, 0) is 6.42 Å². The summed E-state index contributed by atoms with van der Waals surface area (Å²) in [4.78, 5) is 23.6. The molecule has 0 saturated heterocycles. The van der Waals surface area contributed by atoms with Crippen LogP contribution in [0.1, 0.15) is 12.8 Å². The van der Waals surface area contributed by atoms with Gasteiger partial charge in [-0.3, -0.25) is 9.59 Å². The summed E-state index contributed by atoms with van der Waals surface area (Å²) in [6.45, 7) is 0.332. The Bertz CT molecular complexity index is 426. The molecule has 6 heteroatoms. The minimum absolute atomic E-state index is 0.0452.